The monoisotopic (exact) mass is 241 g/mol. The molecule has 3 atom stereocenters. The molecule has 2 unspecified atom stereocenters. The van der Waals surface area contributed by atoms with Crippen LogP contribution in [0.1, 0.15) is 46.5 Å². The fourth-order valence-corrected chi connectivity index (χ4v) is 2.88. The molecule has 2 heterocycles. The number of ether oxygens (including phenoxy) is 1. The molecule has 3 fully saturated rings. The van der Waals surface area contributed by atoms with Gasteiger partial charge in [-0.3, -0.25) is 0 Å². The first-order valence-electron chi connectivity index (χ1n) is 6.53. The molecule has 0 radical (unpaired) electrons. The number of hydrogen-bond acceptors (Lipinski definition) is 3. The Kier molecular flexibility index (Phi) is 3.34. The van der Waals surface area contributed by atoms with E-state index in [0.29, 0.717) is 12.3 Å². The molecule has 1 amide bonds. The van der Waals surface area contributed by atoms with Gasteiger partial charge >= 0.3 is 6.09 Å². The molecule has 3 aliphatic rings. The van der Waals surface area contributed by atoms with Crippen molar-refractivity contribution in [1.29, 1.82) is 0 Å². The maximum Gasteiger partial charge on any atom is 0.410 e. The average molecular weight is 241 g/mol. The van der Waals surface area contributed by atoms with Crippen molar-refractivity contribution < 1.29 is 14.6 Å². The van der Waals surface area contributed by atoms with Gasteiger partial charge in [-0.1, -0.05) is 0 Å². The zero-order valence-electron chi connectivity index (χ0n) is 11.0. The highest BCUT2D eigenvalue weighted by molar-refractivity contribution is 5.68. The van der Waals surface area contributed by atoms with E-state index in [1.54, 1.807) is 0 Å². The molecule has 1 saturated carbocycles. The lowest BCUT2D eigenvalue weighted by atomic mass is 9.95. The molecular weight excluding hydrogens is 218 g/mol. The Morgan fingerprint density at radius 2 is 2.00 bits per heavy atom. The van der Waals surface area contributed by atoms with Crippen LogP contribution in [-0.2, 0) is 4.74 Å². The fraction of sp³-hybridized carbons (Fsp3) is 0.923. The summed E-state index contributed by atoms with van der Waals surface area (Å²) in [5.74, 6) is 0.441. The summed E-state index contributed by atoms with van der Waals surface area (Å²) in [7, 11) is 0. The second-order valence-corrected chi connectivity index (χ2v) is 6.36. The van der Waals surface area contributed by atoms with Crippen LogP contribution in [0.2, 0.25) is 0 Å². The van der Waals surface area contributed by atoms with Crippen LogP contribution in [0.25, 0.3) is 0 Å². The van der Waals surface area contributed by atoms with Gasteiger partial charge in [0.2, 0.25) is 0 Å². The van der Waals surface area contributed by atoms with E-state index in [2.05, 4.69) is 0 Å². The molecule has 1 N–H and O–H groups in total. The Morgan fingerprint density at radius 3 is 2.65 bits per heavy atom. The molecule has 2 bridgehead atoms. The van der Waals surface area contributed by atoms with Crippen LogP contribution >= 0.6 is 0 Å². The van der Waals surface area contributed by atoms with Gasteiger partial charge in [0.15, 0.2) is 0 Å². The number of aliphatic hydroxyl groups is 1. The van der Waals surface area contributed by atoms with Crippen molar-refractivity contribution in [1.82, 2.24) is 4.90 Å². The summed E-state index contributed by atoms with van der Waals surface area (Å²) >= 11 is 0. The Bertz CT molecular complexity index is 298. The predicted molar refractivity (Wildman–Crippen MR) is 64.7 cm³/mol. The van der Waals surface area contributed by atoms with Crippen LogP contribution in [-0.4, -0.2) is 40.4 Å². The van der Waals surface area contributed by atoms with Crippen molar-refractivity contribution in [3.05, 3.63) is 0 Å². The summed E-state index contributed by atoms with van der Waals surface area (Å²) in [6, 6.07) is 0.165. The van der Waals surface area contributed by atoms with Gasteiger partial charge < -0.3 is 14.7 Å². The number of amides is 1. The minimum atomic E-state index is -0.443. The van der Waals surface area contributed by atoms with Crippen LogP contribution < -0.4 is 0 Å². The number of piperidine rings is 1. The number of nitrogens with zero attached hydrogens (tertiary/aromatic N) is 1. The Hall–Kier alpha value is -0.770. The predicted octanol–water partition coefficient (Wildman–Crippen LogP) is 2.16. The zero-order valence-corrected chi connectivity index (χ0v) is 11.0. The maximum atomic E-state index is 12.1. The van der Waals surface area contributed by atoms with Crippen LogP contribution in [0.5, 0.6) is 0 Å². The SMILES string of the molecule is CC(C)(C)OC(=O)N1CC2CCC1C[C@@H](O)C2. The highest BCUT2D eigenvalue weighted by Gasteiger charge is 2.39. The maximum absolute atomic E-state index is 12.1. The summed E-state index contributed by atoms with van der Waals surface area (Å²) in [4.78, 5) is 13.9. The summed E-state index contributed by atoms with van der Waals surface area (Å²) in [5, 5.41) is 9.82. The van der Waals surface area contributed by atoms with Gasteiger partial charge in [-0.15, -0.1) is 0 Å². The van der Waals surface area contributed by atoms with Gasteiger partial charge in [0.1, 0.15) is 5.60 Å². The molecule has 0 aromatic carbocycles. The highest BCUT2D eigenvalue weighted by Crippen LogP contribution is 2.34. The molecule has 17 heavy (non-hydrogen) atoms. The quantitative estimate of drug-likeness (QED) is 0.707. The molecule has 3 rings (SSSR count). The molecule has 0 aromatic heterocycles. The van der Waals surface area contributed by atoms with Gasteiger partial charge in [0, 0.05) is 12.6 Å². The van der Waals surface area contributed by atoms with Gasteiger partial charge in [-0.05, 0) is 52.4 Å². The summed E-state index contributed by atoms with van der Waals surface area (Å²) in [6.45, 7) is 6.40. The third-order valence-corrected chi connectivity index (χ3v) is 3.58. The van der Waals surface area contributed by atoms with E-state index < -0.39 is 5.60 Å². The van der Waals surface area contributed by atoms with E-state index in [-0.39, 0.29) is 18.2 Å². The minimum absolute atomic E-state index is 0.165. The van der Waals surface area contributed by atoms with Crippen LogP contribution in [0, 0.1) is 5.92 Å². The van der Waals surface area contributed by atoms with E-state index in [1.807, 2.05) is 25.7 Å². The number of carbonyl (C=O) groups excluding carboxylic acids is 1. The normalized spacial score (nSPS) is 33.4. The number of rotatable bonds is 0. The van der Waals surface area contributed by atoms with Crippen molar-refractivity contribution in [2.45, 2.75) is 64.2 Å². The van der Waals surface area contributed by atoms with Crippen molar-refractivity contribution in [2.24, 2.45) is 5.92 Å². The van der Waals surface area contributed by atoms with Crippen molar-refractivity contribution >= 4 is 6.09 Å². The Balaban J connectivity index is 2.04. The van der Waals surface area contributed by atoms with Crippen LogP contribution in [0.3, 0.4) is 0 Å². The van der Waals surface area contributed by atoms with Crippen LogP contribution in [0.4, 0.5) is 4.79 Å². The van der Waals surface area contributed by atoms with E-state index in [1.165, 1.54) is 0 Å². The lowest BCUT2D eigenvalue weighted by Gasteiger charge is -2.37. The first kappa shape index (κ1) is 12.7. The average Bonchev–Trinajstić information content (AvgIpc) is 2.43. The number of hydrogen-bond donors (Lipinski definition) is 1. The molecule has 4 nitrogen and oxygen atoms in total. The molecule has 0 spiro atoms. The summed E-state index contributed by atoms with van der Waals surface area (Å²) in [5.41, 5.74) is -0.443. The van der Waals surface area contributed by atoms with Crippen molar-refractivity contribution in [3.63, 3.8) is 0 Å². The third-order valence-electron chi connectivity index (χ3n) is 3.58. The lowest BCUT2D eigenvalue weighted by molar-refractivity contribution is 0.00551. The first-order valence-corrected chi connectivity index (χ1v) is 6.53. The van der Waals surface area contributed by atoms with E-state index in [9.17, 15) is 9.90 Å². The van der Waals surface area contributed by atoms with Crippen LogP contribution in [0.15, 0.2) is 0 Å². The lowest BCUT2D eigenvalue weighted by Crippen LogP contribution is -2.47. The molecule has 1 aliphatic carbocycles. The van der Waals surface area contributed by atoms with Crippen molar-refractivity contribution in [2.75, 3.05) is 6.54 Å². The smallest absolute Gasteiger partial charge is 0.410 e. The standard InChI is InChI=1S/C13H23NO3/c1-13(2,3)17-12(16)14-8-9-4-5-10(14)7-11(15)6-9/h9-11,15H,4-8H2,1-3H3/t9?,10?,11-/m0/s1. The highest BCUT2D eigenvalue weighted by atomic mass is 16.6. The summed E-state index contributed by atoms with van der Waals surface area (Å²) in [6.07, 6.45) is 3.19. The minimum Gasteiger partial charge on any atom is -0.444 e. The topological polar surface area (TPSA) is 49.8 Å². The first-order chi connectivity index (χ1) is 7.85. The molecule has 2 aliphatic heterocycles. The Labute approximate surface area is 103 Å². The number of fused-ring (bicyclic) bond motifs is 4. The number of carbonyl (C=O) groups is 1. The molecular formula is C13H23NO3. The second kappa shape index (κ2) is 4.48. The molecule has 0 aromatic rings. The van der Waals surface area contributed by atoms with Crippen molar-refractivity contribution in [3.8, 4) is 0 Å². The molecule has 98 valence electrons. The van der Waals surface area contributed by atoms with Gasteiger partial charge in [0.25, 0.3) is 0 Å². The van der Waals surface area contributed by atoms with E-state index in [0.717, 1.165) is 25.8 Å². The Morgan fingerprint density at radius 1 is 1.29 bits per heavy atom. The second-order valence-electron chi connectivity index (χ2n) is 6.36. The van der Waals surface area contributed by atoms with E-state index in [4.69, 9.17) is 4.74 Å². The zero-order chi connectivity index (χ0) is 12.6. The summed E-state index contributed by atoms with van der Waals surface area (Å²) < 4.78 is 5.43. The third kappa shape index (κ3) is 3.12. The van der Waals surface area contributed by atoms with Gasteiger partial charge in [-0.25, -0.2) is 4.79 Å². The number of aliphatic hydroxyl groups excluding tert-OH is 1. The largest absolute Gasteiger partial charge is 0.444 e. The fourth-order valence-electron chi connectivity index (χ4n) is 2.88. The van der Waals surface area contributed by atoms with Gasteiger partial charge in [0.05, 0.1) is 6.10 Å². The van der Waals surface area contributed by atoms with Gasteiger partial charge in [-0.2, -0.15) is 0 Å². The molecule has 4 heteroatoms. The molecule has 2 saturated heterocycles. The van der Waals surface area contributed by atoms with E-state index >= 15 is 0 Å².